The second-order valence-electron chi connectivity index (χ2n) is 3.87. The van der Waals surface area contributed by atoms with Gasteiger partial charge in [0.15, 0.2) is 4.34 Å². The van der Waals surface area contributed by atoms with Crippen LogP contribution < -0.4 is 5.73 Å². The number of carbonyl (C=O) groups excluding carboxylic acids is 1. The normalized spacial score (nSPS) is 12.1. The molecule has 1 atom stereocenters. The molecule has 2 rings (SSSR count). The number of aromatic nitrogens is 2. The van der Waals surface area contributed by atoms with Crippen molar-refractivity contribution in [3.63, 3.8) is 0 Å². The maximum absolute atomic E-state index is 11.9. The van der Waals surface area contributed by atoms with Crippen LogP contribution in [0.25, 0.3) is 0 Å². The molecule has 0 aliphatic heterocycles. The van der Waals surface area contributed by atoms with Gasteiger partial charge in [0.2, 0.25) is 5.13 Å². The van der Waals surface area contributed by atoms with Gasteiger partial charge in [-0.2, -0.15) is 0 Å². The van der Waals surface area contributed by atoms with Crippen molar-refractivity contribution in [2.45, 2.75) is 16.0 Å². The summed E-state index contributed by atoms with van der Waals surface area (Å²) in [6.07, 6.45) is 0.522. The number of thioether (sulfide) groups is 1. The number of nitrogens with two attached hydrogens (primary N) is 1. The second-order valence-corrected chi connectivity index (χ2v) is 6.76. The molecule has 1 aromatic heterocycles. The van der Waals surface area contributed by atoms with Crippen molar-refractivity contribution < 1.29 is 9.53 Å². The summed E-state index contributed by atoms with van der Waals surface area (Å²) in [6.45, 7) is 0. The Morgan fingerprint density at radius 2 is 2.15 bits per heavy atom. The van der Waals surface area contributed by atoms with Gasteiger partial charge in [0.1, 0.15) is 5.25 Å². The van der Waals surface area contributed by atoms with E-state index in [0.717, 1.165) is 5.56 Å². The topological polar surface area (TPSA) is 78.1 Å². The molecule has 2 N–H and O–H groups in total. The number of nitrogen functional groups attached to an aromatic ring is 1. The number of benzene rings is 1. The lowest BCUT2D eigenvalue weighted by molar-refractivity contribution is -0.139. The van der Waals surface area contributed by atoms with E-state index in [4.69, 9.17) is 22.1 Å². The van der Waals surface area contributed by atoms with Gasteiger partial charge in [0.25, 0.3) is 0 Å². The molecule has 5 nitrogen and oxygen atoms in total. The number of esters is 1. The summed E-state index contributed by atoms with van der Waals surface area (Å²) in [5.41, 5.74) is 6.53. The molecule has 0 saturated carbocycles. The van der Waals surface area contributed by atoms with Crippen LogP contribution in [-0.4, -0.2) is 28.5 Å². The summed E-state index contributed by atoms with van der Waals surface area (Å²) in [5, 5.41) is 8.28. The van der Waals surface area contributed by atoms with E-state index in [1.165, 1.54) is 30.2 Å². The number of methoxy groups -OCH3 is 1. The Bertz CT molecular complexity index is 589. The number of rotatable bonds is 5. The van der Waals surface area contributed by atoms with E-state index in [2.05, 4.69) is 10.2 Å². The number of carbonyl (C=O) groups is 1. The van der Waals surface area contributed by atoms with Gasteiger partial charge in [0.05, 0.1) is 7.11 Å². The van der Waals surface area contributed by atoms with Gasteiger partial charge < -0.3 is 10.5 Å². The molecule has 0 saturated heterocycles. The molecule has 0 bridgehead atoms. The molecule has 0 aliphatic carbocycles. The van der Waals surface area contributed by atoms with Crippen molar-refractivity contribution >= 4 is 45.8 Å². The van der Waals surface area contributed by atoms with Crippen LogP contribution in [0.15, 0.2) is 28.6 Å². The van der Waals surface area contributed by atoms with Gasteiger partial charge in [-0.05, 0) is 24.1 Å². The van der Waals surface area contributed by atoms with Gasteiger partial charge in [-0.3, -0.25) is 4.79 Å². The van der Waals surface area contributed by atoms with Crippen molar-refractivity contribution in [1.29, 1.82) is 0 Å². The SMILES string of the molecule is COC(=O)[C@H](Cc1ccc(Cl)cc1)Sc1nnc(N)s1. The molecule has 0 amide bonds. The summed E-state index contributed by atoms with van der Waals surface area (Å²) in [7, 11) is 1.37. The van der Waals surface area contributed by atoms with E-state index >= 15 is 0 Å². The Labute approximate surface area is 129 Å². The molecule has 1 heterocycles. The zero-order valence-electron chi connectivity index (χ0n) is 10.6. The molecular formula is C12H12ClN3O2S2. The summed E-state index contributed by atoms with van der Waals surface area (Å²) >= 11 is 8.39. The minimum Gasteiger partial charge on any atom is -0.468 e. The monoisotopic (exact) mass is 329 g/mol. The van der Waals surface area contributed by atoms with Gasteiger partial charge in [-0.1, -0.05) is 46.8 Å². The molecule has 20 heavy (non-hydrogen) atoms. The molecule has 0 spiro atoms. The van der Waals surface area contributed by atoms with Crippen molar-refractivity contribution in [2.75, 3.05) is 12.8 Å². The zero-order chi connectivity index (χ0) is 14.5. The van der Waals surface area contributed by atoms with E-state index in [0.29, 0.717) is 20.9 Å². The zero-order valence-corrected chi connectivity index (χ0v) is 13.0. The maximum Gasteiger partial charge on any atom is 0.319 e. The van der Waals surface area contributed by atoms with Crippen molar-refractivity contribution in [3.8, 4) is 0 Å². The number of halogens is 1. The van der Waals surface area contributed by atoms with Crippen molar-refractivity contribution in [3.05, 3.63) is 34.9 Å². The van der Waals surface area contributed by atoms with Crippen molar-refractivity contribution in [2.24, 2.45) is 0 Å². The summed E-state index contributed by atoms with van der Waals surface area (Å²) < 4.78 is 5.47. The third kappa shape index (κ3) is 4.09. The Hall–Kier alpha value is -1.31. The second kappa shape index (κ2) is 6.92. The molecule has 0 fully saturated rings. The maximum atomic E-state index is 11.9. The summed E-state index contributed by atoms with van der Waals surface area (Å²) in [6, 6.07) is 7.35. The van der Waals surface area contributed by atoms with Crippen LogP contribution in [0.1, 0.15) is 5.56 Å². The largest absolute Gasteiger partial charge is 0.468 e. The van der Waals surface area contributed by atoms with Gasteiger partial charge >= 0.3 is 5.97 Å². The quantitative estimate of drug-likeness (QED) is 0.671. The average molecular weight is 330 g/mol. The Kier molecular flexibility index (Phi) is 5.22. The Morgan fingerprint density at radius 1 is 1.45 bits per heavy atom. The molecular weight excluding hydrogens is 318 g/mol. The number of hydrogen-bond acceptors (Lipinski definition) is 7. The highest BCUT2D eigenvalue weighted by Gasteiger charge is 2.23. The first-order valence-electron chi connectivity index (χ1n) is 5.66. The Balaban J connectivity index is 2.11. The highest BCUT2D eigenvalue weighted by Crippen LogP contribution is 2.30. The summed E-state index contributed by atoms with van der Waals surface area (Å²) in [4.78, 5) is 11.9. The third-order valence-electron chi connectivity index (χ3n) is 2.46. The van der Waals surface area contributed by atoms with E-state index in [1.807, 2.05) is 12.1 Å². The molecule has 1 aromatic carbocycles. The van der Waals surface area contributed by atoms with E-state index in [1.54, 1.807) is 12.1 Å². The van der Waals surface area contributed by atoms with E-state index in [-0.39, 0.29) is 5.97 Å². The number of anilines is 1. The smallest absolute Gasteiger partial charge is 0.319 e. The molecule has 2 aromatic rings. The predicted molar refractivity (Wildman–Crippen MR) is 81.1 cm³/mol. The Morgan fingerprint density at radius 3 is 2.70 bits per heavy atom. The van der Waals surface area contributed by atoms with Crippen LogP contribution in [0.4, 0.5) is 5.13 Å². The lowest BCUT2D eigenvalue weighted by atomic mass is 10.1. The van der Waals surface area contributed by atoms with Crippen LogP contribution in [0.3, 0.4) is 0 Å². The molecule has 0 unspecified atom stereocenters. The van der Waals surface area contributed by atoms with E-state index in [9.17, 15) is 4.79 Å². The fourth-order valence-electron chi connectivity index (χ4n) is 1.53. The third-order valence-corrected chi connectivity index (χ3v) is 4.73. The number of hydrogen-bond donors (Lipinski definition) is 1. The van der Waals surface area contributed by atoms with Crippen LogP contribution in [0, 0.1) is 0 Å². The van der Waals surface area contributed by atoms with Crippen LogP contribution in [0.5, 0.6) is 0 Å². The highest BCUT2D eigenvalue weighted by atomic mass is 35.5. The molecule has 0 radical (unpaired) electrons. The van der Waals surface area contributed by atoms with Crippen LogP contribution in [0.2, 0.25) is 5.02 Å². The number of ether oxygens (including phenoxy) is 1. The average Bonchev–Trinajstić information content (AvgIpc) is 2.85. The number of nitrogens with zero attached hydrogens (tertiary/aromatic N) is 2. The first-order valence-corrected chi connectivity index (χ1v) is 7.74. The van der Waals surface area contributed by atoms with Crippen LogP contribution in [-0.2, 0) is 16.0 Å². The van der Waals surface area contributed by atoms with Gasteiger partial charge in [-0.15, -0.1) is 10.2 Å². The molecule has 8 heteroatoms. The lowest BCUT2D eigenvalue weighted by Crippen LogP contribution is -2.21. The predicted octanol–water partition coefficient (Wildman–Crippen LogP) is 2.65. The fourth-order valence-corrected chi connectivity index (χ4v) is 3.59. The minimum atomic E-state index is -0.395. The van der Waals surface area contributed by atoms with Crippen molar-refractivity contribution in [1.82, 2.24) is 10.2 Å². The first kappa shape index (κ1) is 15.1. The van der Waals surface area contributed by atoms with Gasteiger partial charge in [0, 0.05) is 5.02 Å². The fraction of sp³-hybridized carbons (Fsp3) is 0.250. The highest BCUT2D eigenvalue weighted by molar-refractivity contribution is 8.02. The summed E-state index contributed by atoms with van der Waals surface area (Å²) in [5.74, 6) is -0.307. The molecule has 0 aliphatic rings. The molecule has 106 valence electrons. The van der Waals surface area contributed by atoms with Crippen LogP contribution >= 0.6 is 34.7 Å². The lowest BCUT2D eigenvalue weighted by Gasteiger charge is -2.12. The van der Waals surface area contributed by atoms with Gasteiger partial charge in [-0.25, -0.2) is 0 Å². The van der Waals surface area contributed by atoms with E-state index < -0.39 is 5.25 Å². The minimum absolute atomic E-state index is 0.307. The standard InChI is InChI=1S/C12H12ClN3O2S2/c1-18-10(17)9(19-12-16-15-11(14)20-12)6-7-2-4-8(13)5-3-7/h2-5,9H,6H2,1H3,(H2,14,15)/t9-/m0/s1. The first-order chi connectivity index (χ1) is 9.58.